The molecule has 0 heterocycles. The van der Waals surface area contributed by atoms with Crippen molar-refractivity contribution in [2.45, 2.75) is 19.8 Å². The van der Waals surface area contributed by atoms with Crippen molar-refractivity contribution in [1.29, 1.82) is 0 Å². The van der Waals surface area contributed by atoms with Crippen LogP contribution in [0.2, 0.25) is 0 Å². The molecule has 94 valence electrons. The molecule has 3 N–H and O–H groups in total. The molecule has 0 aromatic heterocycles. The van der Waals surface area contributed by atoms with Gasteiger partial charge >= 0.3 is 0 Å². The molecular formula is C13H21N3O. The van der Waals surface area contributed by atoms with Gasteiger partial charge in [0.05, 0.1) is 6.54 Å². The highest BCUT2D eigenvalue weighted by Gasteiger charge is 2.06. The quantitative estimate of drug-likeness (QED) is 0.327. The zero-order valence-electron chi connectivity index (χ0n) is 10.3. The van der Waals surface area contributed by atoms with Crippen molar-refractivity contribution >= 4 is 5.84 Å². The largest absolute Gasteiger partial charge is 0.409 e. The lowest BCUT2D eigenvalue weighted by Crippen LogP contribution is -2.35. The fourth-order valence-corrected chi connectivity index (χ4v) is 1.78. The van der Waals surface area contributed by atoms with E-state index in [1.165, 1.54) is 5.56 Å². The van der Waals surface area contributed by atoms with E-state index in [-0.39, 0.29) is 5.84 Å². The summed E-state index contributed by atoms with van der Waals surface area (Å²) >= 11 is 0. The lowest BCUT2D eigenvalue weighted by molar-refractivity contribution is 0.293. The average molecular weight is 235 g/mol. The van der Waals surface area contributed by atoms with Crippen molar-refractivity contribution in [1.82, 2.24) is 4.90 Å². The summed E-state index contributed by atoms with van der Waals surface area (Å²) in [6, 6.07) is 10.3. The Labute approximate surface area is 103 Å². The molecule has 0 unspecified atom stereocenters. The zero-order valence-corrected chi connectivity index (χ0v) is 10.3. The summed E-state index contributed by atoms with van der Waals surface area (Å²) in [6.45, 7) is 4.54. The summed E-state index contributed by atoms with van der Waals surface area (Å²) in [4.78, 5) is 2.20. The molecule has 4 nitrogen and oxygen atoms in total. The molecular weight excluding hydrogens is 214 g/mol. The Morgan fingerprint density at radius 1 is 1.29 bits per heavy atom. The second-order valence-corrected chi connectivity index (χ2v) is 4.10. The first-order chi connectivity index (χ1) is 8.26. The van der Waals surface area contributed by atoms with E-state index in [2.05, 4.69) is 29.1 Å². The molecule has 0 bridgehead atoms. The van der Waals surface area contributed by atoms with Gasteiger partial charge in [0, 0.05) is 6.54 Å². The molecule has 0 spiro atoms. The maximum Gasteiger partial charge on any atom is 0.153 e. The molecule has 0 saturated carbocycles. The molecule has 0 atom stereocenters. The van der Waals surface area contributed by atoms with Crippen LogP contribution in [-0.2, 0) is 6.42 Å². The van der Waals surface area contributed by atoms with Crippen molar-refractivity contribution in [3.8, 4) is 0 Å². The van der Waals surface area contributed by atoms with Crippen LogP contribution in [0.25, 0.3) is 0 Å². The van der Waals surface area contributed by atoms with Crippen LogP contribution < -0.4 is 5.73 Å². The van der Waals surface area contributed by atoms with Crippen LogP contribution in [0.4, 0.5) is 0 Å². The first-order valence-corrected chi connectivity index (χ1v) is 5.99. The van der Waals surface area contributed by atoms with E-state index in [9.17, 15) is 0 Å². The monoisotopic (exact) mass is 235 g/mol. The van der Waals surface area contributed by atoms with Gasteiger partial charge in [-0.15, -0.1) is 0 Å². The van der Waals surface area contributed by atoms with E-state index >= 15 is 0 Å². The van der Waals surface area contributed by atoms with Gasteiger partial charge in [-0.05, 0) is 24.9 Å². The van der Waals surface area contributed by atoms with E-state index in [0.717, 1.165) is 25.9 Å². The molecule has 0 fully saturated rings. The van der Waals surface area contributed by atoms with Gasteiger partial charge in [-0.3, -0.25) is 4.90 Å². The second kappa shape index (κ2) is 7.68. The fourth-order valence-electron chi connectivity index (χ4n) is 1.78. The predicted octanol–water partition coefficient (Wildman–Crippen LogP) is 1.69. The minimum atomic E-state index is 0.270. The van der Waals surface area contributed by atoms with Crippen LogP contribution >= 0.6 is 0 Å². The van der Waals surface area contributed by atoms with Gasteiger partial charge in [-0.25, -0.2) is 0 Å². The third kappa shape index (κ3) is 5.36. The number of hydrogen-bond donors (Lipinski definition) is 2. The summed E-state index contributed by atoms with van der Waals surface area (Å²) in [5, 5.41) is 11.6. The Morgan fingerprint density at radius 3 is 2.59 bits per heavy atom. The Balaban J connectivity index is 2.44. The lowest BCUT2D eigenvalue weighted by Gasteiger charge is -2.20. The van der Waals surface area contributed by atoms with Gasteiger partial charge < -0.3 is 10.9 Å². The van der Waals surface area contributed by atoms with Gasteiger partial charge in [0.15, 0.2) is 5.84 Å². The van der Waals surface area contributed by atoms with Crippen LogP contribution in [0.5, 0.6) is 0 Å². The van der Waals surface area contributed by atoms with E-state index in [0.29, 0.717) is 6.54 Å². The topological polar surface area (TPSA) is 61.8 Å². The molecule has 0 aliphatic heterocycles. The van der Waals surface area contributed by atoms with Crippen molar-refractivity contribution in [3.63, 3.8) is 0 Å². The number of benzene rings is 1. The molecule has 1 aromatic carbocycles. The minimum absolute atomic E-state index is 0.270. The Morgan fingerprint density at radius 2 is 2.00 bits per heavy atom. The summed E-state index contributed by atoms with van der Waals surface area (Å²) in [5.74, 6) is 0.270. The minimum Gasteiger partial charge on any atom is -0.409 e. The summed E-state index contributed by atoms with van der Waals surface area (Å²) in [6.07, 6.45) is 2.05. The maximum absolute atomic E-state index is 8.57. The summed E-state index contributed by atoms with van der Waals surface area (Å²) in [5.41, 5.74) is 6.84. The molecule has 4 heteroatoms. The third-order valence-corrected chi connectivity index (χ3v) is 2.61. The summed E-state index contributed by atoms with van der Waals surface area (Å²) in [7, 11) is 0. The highest BCUT2D eigenvalue weighted by molar-refractivity contribution is 5.81. The number of hydrogen-bond acceptors (Lipinski definition) is 3. The molecule has 0 amide bonds. The van der Waals surface area contributed by atoms with Gasteiger partial charge in [-0.1, -0.05) is 42.4 Å². The summed E-state index contributed by atoms with van der Waals surface area (Å²) < 4.78 is 0. The SMILES string of the molecule is CCCN(CCc1ccccc1)CC(N)=NO. The van der Waals surface area contributed by atoms with Gasteiger partial charge in [-0.2, -0.15) is 0 Å². The normalized spacial score (nSPS) is 12.0. The van der Waals surface area contributed by atoms with Crippen molar-refractivity contribution < 1.29 is 5.21 Å². The number of amidine groups is 1. The van der Waals surface area contributed by atoms with Crippen LogP contribution in [-0.4, -0.2) is 35.6 Å². The van der Waals surface area contributed by atoms with Crippen LogP contribution in [0.1, 0.15) is 18.9 Å². The lowest BCUT2D eigenvalue weighted by atomic mass is 10.1. The molecule has 17 heavy (non-hydrogen) atoms. The van der Waals surface area contributed by atoms with Crippen LogP contribution in [0, 0.1) is 0 Å². The van der Waals surface area contributed by atoms with Crippen molar-refractivity contribution in [2.75, 3.05) is 19.6 Å². The first kappa shape index (κ1) is 13.5. The molecule has 0 aliphatic carbocycles. The smallest absolute Gasteiger partial charge is 0.153 e. The predicted molar refractivity (Wildman–Crippen MR) is 70.3 cm³/mol. The zero-order chi connectivity index (χ0) is 12.5. The van der Waals surface area contributed by atoms with E-state index in [4.69, 9.17) is 10.9 Å². The highest BCUT2D eigenvalue weighted by atomic mass is 16.4. The van der Waals surface area contributed by atoms with E-state index in [1.807, 2.05) is 18.2 Å². The Hall–Kier alpha value is -1.55. The van der Waals surface area contributed by atoms with Crippen LogP contribution in [0.15, 0.2) is 35.5 Å². The standard InChI is InChI=1S/C13H21N3O/c1-2-9-16(11-13(14)15-17)10-8-12-6-4-3-5-7-12/h3-7,17H,2,8-11H2,1H3,(H2,14,15). The average Bonchev–Trinajstić information content (AvgIpc) is 2.37. The van der Waals surface area contributed by atoms with Gasteiger partial charge in [0.25, 0.3) is 0 Å². The molecule has 0 radical (unpaired) electrons. The van der Waals surface area contributed by atoms with Crippen molar-refractivity contribution in [3.05, 3.63) is 35.9 Å². The number of oxime groups is 1. The van der Waals surface area contributed by atoms with Crippen molar-refractivity contribution in [2.24, 2.45) is 10.9 Å². The molecule has 0 aliphatic rings. The Kier molecular flexibility index (Phi) is 6.10. The van der Waals surface area contributed by atoms with Crippen LogP contribution in [0.3, 0.4) is 0 Å². The number of rotatable bonds is 7. The maximum atomic E-state index is 8.57. The second-order valence-electron chi connectivity index (χ2n) is 4.10. The highest BCUT2D eigenvalue weighted by Crippen LogP contribution is 2.02. The number of nitrogens with two attached hydrogens (primary N) is 1. The van der Waals surface area contributed by atoms with Gasteiger partial charge in [0.1, 0.15) is 0 Å². The van der Waals surface area contributed by atoms with Gasteiger partial charge in [0.2, 0.25) is 0 Å². The third-order valence-electron chi connectivity index (χ3n) is 2.61. The number of nitrogens with zero attached hydrogens (tertiary/aromatic N) is 2. The van der Waals surface area contributed by atoms with E-state index < -0.39 is 0 Å². The Bertz CT molecular complexity index is 338. The molecule has 1 aromatic rings. The molecule has 0 saturated heterocycles. The van der Waals surface area contributed by atoms with E-state index in [1.54, 1.807) is 0 Å². The first-order valence-electron chi connectivity index (χ1n) is 5.99. The fraction of sp³-hybridized carbons (Fsp3) is 0.462. The molecule has 1 rings (SSSR count).